The molecule has 0 spiro atoms. The third kappa shape index (κ3) is 5.82. The van der Waals surface area contributed by atoms with Gasteiger partial charge in [-0.25, -0.2) is 0 Å². The Kier molecular flexibility index (Phi) is 6.82. The van der Waals surface area contributed by atoms with Crippen LogP contribution in [0.5, 0.6) is 0 Å². The van der Waals surface area contributed by atoms with Gasteiger partial charge in [-0.3, -0.25) is 13.7 Å². The van der Waals surface area contributed by atoms with E-state index in [0.29, 0.717) is 26.7 Å². The van der Waals surface area contributed by atoms with Crippen LogP contribution in [0.2, 0.25) is 10.0 Å². The van der Waals surface area contributed by atoms with Gasteiger partial charge in [0.1, 0.15) is 0 Å². The lowest BCUT2D eigenvalue weighted by Gasteiger charge is -2.11. The number of benzene rings is 2. The predicted molar refractivity (Wildman–Crippen MR) is 116 cm³/mol. The van der Waals surface area contributed by atoms with Crippen LogP contribution in [0.3, 0.4) is 0 Å². The van der Waals surface area contributed by atoms with Crippen molar-refractivity contribution >= 4 is 39.2 Å². The SMILES string of the molecule is Cn1nccc1-c1cc(COS(C)(=O)=O)cc(C(=O)NCc2ccc(Cl)c(Cl)c2)c1. The highest BCUT2D eigenvalue weighted by atomic mass is 35.5. The van der Waals surface area contributed by atoms with Crippen molar-refractivity contribution in [2.45, 2.75) is 13.2 Å². The summed E-state index contributed by atoms with van der Waals surface area (Å²) in [6, 6.07) is 12.0. The molecule has 0 bridgehead atoms. The zero-order valence-electron chi connectivity index (χ0n) is 16.2. The maximum Gasteiger partial charge on any atom is 0.264 e. The molecular formula is C20H19Cl2N3O4S. The van der Waals surface area contributed by atoms with Crippen LogP contribution in [0.15, 0.2) is 48.7 Å². The highest BCUT2D eigenvalue weighted by Gasteiger charge is 2.13. The van der Waals surface area contributed by atoms with Gasteiger partial charge in [-0.05, 0) is 47.5 Å². The van der Waals surface area contributed by atoms with Gasteiger partial charge in [-0.1, -0.05) is 29.3 Å². The number of carbonyl (C=O) groups excluding carboxylic acids is 1. The summed E-state index contributed by atoms with van der Waals surface area (Å²) in [5, 5.41) is 7.81. The van der Waals surface area contributed by atoms with Gasteiger partial charge in [-0.2, -0.15) is 13.5 Å². The van der Waals surface area contributed by atoms with Crippen LogP contribution in [-0.4, -0.2) is 30.4 Å². The molecule has 3 rings (SSSR count). The first-order valence-corrected chi connectivity index (χ1v) is 11.4. The molecule has 0 radical (unpaired) electrons. The van der Waals surface area contributed by atoms with E-state index in [9.17, 15) is 13.2 Å². The fourth-order valence-corrected chi connectivity index (χ4v) is 3.49. The lowest BCUT2D eigenvalue weighted by molar-refractivity contribution is 0.0951. The molecule has 7 nitrogen and oxygen atoms in total. The Morgan fingerprint density at radius 1 is 1.10 bits per heavy atom. The number of rotatable bonds is 7. The summed E-state index contributed by atoms with van der Waals surface area (Å²) >= 11 is 11.9. The van der Waals surface area contributed by atoms with Crippen molar-refractivity contribution in [2.75, 3.05) is 6.26 Å². The second-order valence-corrected chi connectivity index (χ2v) is 9.11. The number of carbonyl (C=O) groups is 1. The summed E-state index contributed by atoms with van der Waals surface area (Å²) in [6.45, 7) is 0.0679. The van der Waals surface area contributed by atoms with E-state index >= 15 is 0 Å². The van der Waals surface area contributed by atoms with Gasteiger partial charge in [0.05, 0.1) is 28.6 Å². The van der Waals surface area contributed by atoms with Crippen LogP contribution in [0.25, 0.3) is 11.3 Å². The summed E-state index contributed by atoms with van der Waals surface area (Å²) in [6.07, 6.45) is 2.61. The molecule has 0 fully saturated rings. The summed E-state index contributed by atoms with van der Waals surface area (Å²) in [7, 11) is -1.85. The van der Waals surface area contributed by atoms with E-state index in [4.69, 9.17) is 27.4 Å². The molecule has 158 valence electrons. The molecule has 0 aliphatic heterocycles. The Morgan fingerprint density at radius 2 is 1.87 bits per heavy atom. The second-order valence-electron chi connectivity index (χ2n) is 6.66. The highest BCUT2D eigenvalue weighted by Crippen LogP contribution is 2.24. The highest BCUT2D eigenvalue weighted by molar-refractivity contribution is 7.85. The van der Waals surface area contributed by atoms with E-state index in [1.54, 1.807) is 60.4 Å². The average Bonchev–Trinajstić information content (AvgIpc) is 3.12. The first-order valence-electron chi connectivity index (χ1n) is 8.81. The number of amides is 1. The molecular weight excluding hydrogens is 449 g/mol. The van der Waals surface area contributed by atoms with E-state index in [0.717, 1.165) is 17.5 Å². The number of nitrogens with one attached hydrogen (secondary N) is 1. The van der Waals surface area contributed by atoms with Crippen molar-refractivity contribution in [1.29, 1.82) is 0 Å². The van der Waals surface area contributed by atoms with Crippen LogP contribution in [0.1, 0.15) is 21.5 Å². The normalized spacial score (nSPS) is 11.5. The van der Waals surface area contributed by atoms with Crippen LogP contribution < -0.4 is 5.32 Å². The first-order chi connectivity index (χ1) is 14.1. The molecule has 0 unspecified atom stereocenters. The Hall–Kier alpha value is -2.39. The zero-order chi connectivity index (χ0) is 21.9. The lowest BCUT2D eigenvalue weighted by atomic mass is 10.0. The molecule has 3 aromatic rings. The predicted octanol–water partition coefficient (Wildman–Crippen LogP) is 3.80. The van der Waals surface area contributed by atoms with Gasteiger partial charge in [0.25, 0.3) is 16.0 Å². The summed E-state index contributed by atoms with van der Waals surface area (Å²) in [5.74, 6) is -0.328. The molecule has 0 saturated carbocycles. The molecule has 30 heavy (non-hydrogen) atoms. The number of halogens is 2. The quantitative estimate of drug-likeness (QED) is 0.533. The largest absolute Gasteiger partial charge is 0.348 e. The van der Waals surface area contributed by atoms with Crippen molar-refractivity contribution in [3.8, 4) is 11.3 Å². The molecule has 2 aromatic carbocycles. The Bertz CT molecular complexity index is 1190. The van der Waals surface area contributed by atoms with Crippen molar-refractivity contribution < 1.29 is 17.4 Å². The number of hydrogen-bond acceptors (Lipinski definition) is 5. The second kappa shape index (κ2) is 9.18. The minimum Gasteiger partial charge on any atom is -0.348 e. The standard InChI is InChI=1S/C20H19Cl2N3O4S/c1-25-19(5-6-24-25)15-7-14(12-29-30(2,27)28)8-16(10-15)20(26)23-11-13-3-4-17(21)18(22)9-13/h3-10H,11-12H2,1-2H3,(H,23,26). The van der Waals surface area contributed by atoms with E-state index in [1.807, 2.05) is 0 Å². The van der Waals surface area contributed by atoms with Crippen LogP contribution >= 0.6 is 23.2 Å². The minimum absolute atomic E-state index is 0.183. The topological polar surface area (TPSA) is 90.3 Å². The maximum absolute atomic E-state index is 12.8. The van der Waals surface area contributed by atoms with Gasteiger partial charge in [0.2, 0.25) is 0 Å². The van der Waals surface area contributed by atoms with Crippen molar-refractivity contribution in [3.63, 3.8) is 0 Å². The fourth-order valence-electron chi connectivity index (χ4n) is 2.82. The number of hydrogen-bond donors (Lipinski definition) is 1. The molecule has 1 amide bonds. The molecule has 0 saturated heterocycles. The molecule has 1 N–H and O–H groups in total. The van der Waals surface area contributed by atoms with Gasteiger partial charge in [0.15, 0.2) is 0 Å². The van der Waals surface area contributed by atoms with E-state index in [2.05, 4.69) is 10.4 Å². The maximum atomic E-state index is 12.8. The average molecular weight is 468 g/mol. The molecule has 0 aliphatic carbocycles. The summed E-state index contributed by atoms with van der Waals surface area (Å²) in [5.41, 5.74) is 3.18. The third-order valence-electron chi connectivity index (χ3n) is 4.25. The lowest BCUT2D eigenvalue weighted by Crippen LogP contribution is -2.23. The van der Waals surface area contributed by atoms with Crippen molar-refractivity contribution in [2.24, 2.45) is 7.05 Å². The molecule has 1 aromatic heterocycles. The Morgan fingerprint density at radius 3 is 2.50 bits per heavy atom. The molecule has 10 heteroatoms. The van der Waals surface area contributed by atoms with Crippen LogP contribution in [-0.2, 0) is 34.5 Å². The molecule has 0 aliphatic rings. The minimum atomic E-state index is -3.63. The van der Waals surface area contributed by atoms with Crippen molar-refractivity contribution in [1.82, 2.24) is 15.1 Å². The van der Waals surface area contributed by atoms with E-state index in [1.165, 1.54) is 0 Å². The van der Waals surface area contributed by atoms with E-state index < -0.39 is 10.1 Å². The fraction of sp³-hybridized carbons (Fsp3) is 0.200. The van der Waals surface area contributed by atoms with E-state index in [-0.39, 0.29) is 19.1 Å². The summed E-state index contributed by atoms with van der Waals surface area (Å²) in [4.78, 5) is 12.8. The number of nitrogens with zero attached hydrogens (tertiary/aromatic N) is 2. The Balaban J connectivity index is 1.86. The van der Waals surface area contributed by atoms with Gasteiger partial charge in [-0.15, -0.1) is 0 Å². The third-order valence-corrected chi connectivity index (χ3v) is 5.53. The first kappa shape index (κ1) is 22.3. The van der Waals surface area contributed by atoms with Gasteiger partial charge in [0, 0.05) is 30.9 Å². The molecule has 1 heterocycles. The van der Waals surface area contributed by atoms with Gasteiger partial charge < -0.3 is 5.32 Å². The van der Waals surface area contributed by atoms with Crippen molar-refractivity contribution in [3.05, 3.63) is 75.4 Å². The van der Waals surface area contributed by atoms with Gasteiger partial charge >= 0.3 is 0 Å². The smallest absolute Gasteiger partial charge is 0.264 e. The molecule has 0 atom stereocenters. The monoisotopic (exact) mass is 467 g/mol. The number of aryl methyl sites for hydroxylation is 1. The zero-order valence-corrected chi connectivity index (χ0v) is 18.6. The van der Waals surface area contributed by atoms with Crippen LogP contribution in [0, 0.1) is 0 Å². The summed E-state index contributed by atoms with van der Waals surface area (Å²) < 4.78 is 29.3. The Labute approximate surface area is 184 Å². The van der Waals surface area contributed by atoms with Crippen LogP contribution in [0.4, 0.5) is 0 Å². The number of aromatic nitrogens is 2.